The summed E-state index contributed by atoms with van der Waals surface area (Å²) in [7, 11) is 3.34. The van der Waals surface area contributed by atoms with Crippen molar-refractivity contribution in [1.29, 1.82) is 0 Å². The van der Waals surface area contributed by atoms with Crippen LogP contribution in [0.2, 0.25) is 0 Å². The summed E-state index contributed by atoms with van der Waals surface area (Å²) < 4.78 is 13.0. The van der Waals surface area contributed by atoms with Crippen LogP contribution in [-0.2, 0) is 13.0 Å². The quantitative estimate of drug-likeness (QED) is 0.927. The number of hydrogen-bond acceptors (Lipinski definition) is 4. The molecule has 0 aliphatic carbocycles. The van der Waals surface area contributed by atoms with Crippen LogP contribution in [0.15, 0.2) is 18.2 Å². The van der Waals surface area contributed by atoms with Crippen molar-refractivity contribution in [3.8, 4) is 17.2 Å². The van der Waals surface area contributed by atoms with Gasteiger partial charge in [-0.25, -0.2) is 4.98 Å². The van der Waals surface area contributed by atoms with E-state index in [9.17, 15) is 0 Å². The summed E-state index contributed by atoms with van der Waals surface area (Å²) in [5.41, 5.74) is 3.41. The number of ether oxygens (including phenoxy) is 2. The molecule has 0 bridgehead atoms. The van der Waals surface area contributed by atoms with Gasteiger partial charge in [-0.1, -0.05) is 0 Å². The van der Waals surface area contributed by atoms with Crippen LogP contribution in [0.1, 0.15) is 17.2 Å². The normalized spacial score (nSPS) is 13.9. The van der Waals surface area contributed by atoms with E-state index in [-0.39, 0.29) is 0 Å². The molecule has 0 spiro atoms. The third-order valence-corrected chi connectivity index (χ3v) is 3.68. The Kier molecular flexibility index (Phi) is 3.36. The highest BCUT2D eigenvalue weighted by atomic mass is 16.5. The van der Waals surface area contributed by atoms with Crippen molar-refractivity contribution in [3.05, 3.63) is 35.4 Å². The molecule has 1 aromatic heterocycles. The fraction of sp³-hybridized carbons (Fsp3) is 0.400. The molecule has 0 amide bonds. The Morgan fingerprint density at radius 3 is 2.85 bits per heavy atom. The molecule has 0 atom stereocenters. The van der Waals surface area contributed by atoms with Crippen molar-refractivity contribution in [2.45, 2.75) is 19.9 Å². The number of benzene rings is 1. The summed E-state index contributed by atoms with van der Waals surface area (Å²) in [5.74, 6) is 2.58. The maximum atomic E-state index is 5.51. The first-order valence-electron chi connectivity index (χ1n) is 6.75. The molecular weight excluding hydrogens is 254 g/mol. The molecule has 0 unspecified atom stereocenters. The summed E-state index contributed by atoms with van der Waals surface area (Å²) in [6.07, 6.45) is 0.978. The largest absolute Gasteiger partial charge is 0.497 e. The molecule has 0 fully saturated rings. The monoisotopic (exact) mass is 273 g/mol. The minimum absolute atomic E-state index is 0.791. The van der Waals surface area contributed by atoms with Crippen LogP contribution in [0, 0.1) is 6.92 Å². The minimum Gasteiger partial charge on any atom is -0.497 e. The van der Waals surface area contributed by atoms with E-state index in [0.29, 0.717) is 0 Å². The van der Waals surface area contributed by atoms with Gasteiger partial charge in [0.05, 0.1) is 25.6 Å². The molecule has 5 nitrogen and oxygen atoms in total. The molecule has 2 aromatic rings. The van der Waals surface area contributed by atoms with Crippen LogP contribution in [0.25, 0.3) is 5.69 Å². The Balaban J connectivity index is 2.16. The summed E-state index contributed by atoms with van der Waals surface area (Å²) >= 11 is 0. The fourth-order valence-corrected chi connectivity index (χ4v) is 2.73. The molecule has 0 saturated heterocycles. The number of nitrogens with one attached hydrogen (secondary N) is 1. The van der Waals surface area contributed by atoms with Gasteiger partial charge in [0.25, 0.3) is 0 Å². The Labute approximate surface area is 118 Å². The van der Waals surface area contributed by atoms with E-state index in [1.807, 2.05) is 25.1 Å². The van der Waals surface area contributed by atoms with Gasteiger partial charge in [0, 0.05) is 31.3 Å². The minimum atomic E-state index is 0.791. The first-order valence-corrected chi connectivity index (χ1v) is 6.75. The molecular formula is C15H19N3O2. The van der Waals surface area contributed by atoms with Gasteiger partial charge in [0.15, 0.2) is 0 Å². The van der Waals surface area contributed by atoms with Gasteiger partial charge in [0.1, 0.15) is 17.3 Å². The van der Waals surface area contributed by atoms with Gasteiger partial charge in [0.2, 0.25) is 0 Å². The Morgan fingerprint density at radius 2 is 2.10 bits per heavy atom. The predicted octanol–water partition coefficient (Wildman–Crippen LogP) is 1.84. The SMILES string of the molecule is COc1ccc(-n2c(C)nc3c2CCNC3)c(OC)c1. The number of rotatable bonds is 3. The van der Waals surface area contributed by atoms with Crippen molar-refractivity contribution in [1.82, 2.24) is 14.9 Å². The van der Waals surface area contributed by atoms with Gasteiger partial charge in [-0.15, -0.1) is 0 Å². The van der Waals surface area contributed by atoms with Gasteiger partial charge in [-0.3, -0.25) is 4.57 Å². The smallest absolute Gasteiger partial charge is 0.146 e. The van der Waals surface area contributed by atoms with Crippen LogP contribution in [0.4, 0.5) is 0 Å². The second-order valence-corrected chi connectivity index (χ2v) is 4.85. The third-order valence-electron chi connectivity index (χ3n) is 3.68. The zero-order chi connectivity index (χ0) is 14.1. The number of fused-ring (bicyclic) bond motifs is 1. The fourth-order valence-electron chi connectivity index (χ4n) is 2.73. The van der Waals surface area contributed by atoms with E-state index >= 15 is 0 Å². The van der Waals surface area contributed by atoms with Crippen molar-refractivity contribution in [3.63, 3.8) is 0 Å². The average molecular weight is 273 g/mol. The highest BCUT2D eigenvalue weighted by molar-refractivity contribution is 5.53. The lowest BCUT2D eigenvalue weighted by molar-refractivity contribution is 0.392. The molecule has 1 aromatic carbocycles. The van der Waals surface area contributed by atoms with E-state index in [1.165, 1.54) is 5.69 Å². The zero-order valence-corrected chi connectivity index (χ0v) is 12.1. The topological polar surface area (TPSA) is 48.3 Å². The third kappa shape index (κ3) is 2.04. The maximum Gasteiger partial charge on any atom is 0.146 e. The van der Waals surface area contributed by atoms with E-state index in [0.717, 1.165) is 48.2 Å². The van der Waals surface area contributed by atoms with Crippen LogP contribution < -0.4 is 14.8 Å². The Bertz CT molecular complexity index is 634. The first kappa shape index (κ1) is 13.0. The van der Waals surface area contributed by atoms with E-state index in [2.05, 4.69) is 14.9 Å². The summed E-state index contributed by atoms with van der Waals surface area (Å²) in [6.45, 7) is 3.85. The molecule has 106 valence electrons. The number of hydrogen-bond donors (Lipinski definition) is 1. The first-order chi connectivity index (χ1) is 9.74. The van der Waals surface area contributed by atoms with Crippen LogP contribution in [-0.4, -0.2) is 30.3 Å². The van der Waals surface area contributed by atoms with Crippen molar-refractivity contribution in [2.75, 3.05) is 20.8 Å². The number of aryl methyl sites for hydroxylation is 1. The summed E-state index contributed by atoms with van der Waals surface area (Å²) in [4.78, 5) is 4.66. The lowest BCUT2D eigenvalue weighted by Gasteiger charge is -2.18. The molecule has 1 aliphatic heterocycles. The number of methoxy groups -OCH3 is 2. The average Bonchev–Trinajstić information content (AvgIpc) is 2.82. The summed E-state index contributed by atoms with van der Waals surface area (Å²) in [5, 5.41) is 3.35. The molecule has 20 heavy (non-hydrogen) atoms. The number of aromatic nitrogens is 2. The van der Waals surface area contributed by atoms with Crippen molar-refractivity contribution in [2.24, 2.45) is 0 Å². The lowest BCUT2D eigenvalue weighted by Crippen LogP contribution is -2.24. The van der Waals surface area contributed by atoms with Gasteiger partial charge >= 0.3 is 0 Å². The predicted molar refractivity (Wildman–Crippen MR) is 76.8 cm³/mol. The van der Waals surface area contributed by atoms with E-state index < -0.39 is 0 Å². The standard InChI is InChI=1S/C15H19N3O2/c1-10-17-12-9-16-7-6-13(12)18(10)14-5-4-11(19-2)8-15(14)20-3/h4-5,8,16H,6-7,9H2,1-3H3. The Hall–Kier alpha value is -2.01. The second-order valence-electron chi connectivity index (χ2n) is 4.85. The van der Waals surface area contributed by atoms with Crippen LogP contribution in [0.3, 0.4) is 0 Å². The molecule has 0 saturated carbocycles. The number of nitrogens with zero attached hydrogens (tertiary/aromatic N) is 2. The van der Waals surface area contributed by atoms with Crippen molar-refractivity contribution < 1.29 is 9.47 Å². The summed E-state index contributed by atoms with van der Waals surface area (Å²) in [6, 6.07) is 5.88. The zero-order valence-electron chi connectivity index (χ0n) is 12.1. The van der Waals surface area contributed by atoms with Gasteiger partial charge in [-0.2, -0.15) is 0 Å². The second kappa shape index (κ2) is 5.17. The van der Waals surface area contributed by atoms with Gasteiger partial charge in [-0.05, 0) is 19.1 Å². The maximum absolute atomic E-state index is 5.51. The van der Waals surface area contributed by atoms with Crippen molar-refractivity contribution >= 4 is 0 Å². The highest BCUT2D eigenvalue weighted by Crippen LogP contribution is 2.31. The molecule has 1 aliphatic rings. The number of imidazole rings is 1. The van der Waals surface area contributed by atoms with E-state index in [1.54, 1.807) is 14.2 Å². The highest BCUT2D eigenvalue weighted by Gasteiger charge is 2.20. The molecule has 1 N–H and O–H groups in total. The van der Waals surface area contributed by atoms with Crippen LogP contribution in [0.5, 0.6) is 11.5 Å². The molecule has 2 heterocycles. The Morgan fingerprint density at radius 1 is 1.25 bits per heavy atom. The van der Waals surface area contributed by atoms with Crippen LogP contribution >= 0.6 is 0 Å². The molecule has 0 radical (unpaired) electrons. The van der Waals surface area contributed by atoms with E-state index in [4.69, 9.17) is 9.47 Å². The molecule has 5 heteroatoms. The van der Waals surface area contributed by atoms with Gasteiger partial charge < -0.3 is 14.8 Å². The lowest BCUT2D eigenvalue weighted by atomic mass is 10.1. The molecule has 3 rings (SSSR count).